The van der Waals surface area contributed by atoms with E-state index >= 15 is 0 Å². The molecule has 0 radical (unpaired) electrons. The number of hydrogen-bond donors (Lipinski definition) is 2. The first kappa shape index (κ1) is 23.1. The molecular weight excluding hydrogens is 388 g/mol. The van der Waals surface area contributed by atoms with Crippen LogP contribution in [-0.4, -0.2) is 36.9 Å². The molecule has 2 aromatic carbocycles. The Bertz CT molecular complexity index is 863. The molecule has 0 aliphatic carbocycles. The maximum Gasteiger partial charge on any atom is 0.303 e. The Kier molecular flexibility index (Phi) is 7.97. The first-order valence-electron chi connectivity index (χ1n) is 11.5. The fourth-order valence-electron chi connectivity index (χ4n) is 4.32. The van der Waals surface area contributed by atoms with E-state index < -0.39 is 5.97 Å². The predicted octanol–water partition coefficient (Wildman–Crippen LogP) is 5.82. The van der Waals surface area contributed by atoms with Gasteiger partial charge in [-0.25, -0.2) is 0 Å². The molecular formula is C26H36N2O3. The predicted molar refractivity (Wildman–Crippen MR) is 128 cm³/mol. The van der Waals surface area contributed by atoms with Crippen LogP contribution >= 0.6 is 0 Å². The highest BCUT2D eigenvalue weighted by Crippen LogP contribution is 2.36. The Hall–Kier alpha value is -2.53. The van der Waals surface area contributed by atoms with E-state index in [0.29, 0.717) is 18.6 Å². The van der Waals surface area contributed by atoms with Crippen LogP contribution in [0.2, 0.25) is 0 Å². The van der Waals surface area contributed by atoms with Crippen molar-refractivity contribution in [1.82, 2.24) is 0 Å². The Morgan fingerprint density at radius 2 is 1.94 bits per heavy atom. The minimum atomic E-state index is -0.756. The van der Waals surface area contributed by atoms with Crippen molar-refractivity contribution in [3.8, 4) is 0 Å². The molecule has 2 N–H and O–H groups in total. The topological polar surface area (TPSA) is 61.8 Å². The lowest BCUT2D eigenvalue weighted by Gasteiger charge is -2.40. The van der Waals surface area contributed by atoms with E-state index in [1.165, 1.54) is 5.56 Å². The normalized spacial score (nSPS) is 17.6. The lowest BCUT2D eigenvalue weighted by molar-refractivity contribution is -0.137. The first-order valence-corrected chi connectivity index (χ1v) is 11.5. The third-order valence-electron chi connectivity index (χ3n) is 6.29. The van der Waals surface area contributed by atoms with Crippen LogP contribution in [0.15, 0.2) is 42.5 Å². The van der Waals surface area contributed by atoms with Crippen molar-refractivity contribution in [2.45, 2.75) is 58.9 Å². The van der Waals surface area contributed by atoms with Gasteiger partial charge in [0.25, 0.3) is 0 Å². The zero-order valence-corrected chi connectivity index (χ0v) is 19.2. The number of hydrogen-bond acceptors (Lipinski definition) is 4. The fourth-order valence-corrected chi connectivity index (χ4v) is 4.32. The zero-order valence-electron chi connectivity index (χ0n) is 19.2. The second-order valence-electron chi connectivity index (χ2n) is 8.73. The number of ether oxygens (including phenoxy) is 1. The number of aryl methyl sites for hydroxylation is 1. The van der Waals surface area contributed by atoms with Gasteiger partial charge in [-0.1, -0.05) is 45.9 Å². The van der Waals surface area contributed by atoms with Crippen LogP contribution in [0.3, 0.4) is 0 Å². The molecule has 1 fully saturated rings. The average molecular weight is 425 g/mol. The highest BCUT2D eigenvalue weighted by atomic mass is 16.5. The summed E-state index contributed by atoms with van der Waals surface area (Å²) in [4.78, 5) is 13.8. The largest absolute Gasteiger partial charge is 0.481 e. The number of carbonyl (C=O) groups is 1. The van der Waals surface area contributed by atoms with Crippen molar-refractivity contribution < 1.29 is 14.6 Å². The van der Waals surface area contributed by atoms with Crippen molar-refractivity contribution in [3.05, 3.63) is 53.6 Å². The van der Waals surface area contributed by atoms with E-state index in [9.17, 15) is 9.90 Å². The number of carboxylic acids is 1. The third-order valence-corrected chi connectivity index (χ3v) is 6.29. The molecule has 2 aromatic rings. The summed E-state index contributed by atoms with van der Waals surface area (Å²) < 4.78 is 5.77. The number of nitrogens with one attached hydrogen (secondary N) is 1. The Labute approximate surface area is 186 Å². The van der Waals surface area contributed by atoms with Gasteiger partial charge in [-0.2, -0.15) is 0 Å². The Morgan fingerprint density at radius 1 is 1.19 bits per heavy atom. The van der Waals surface area contributed by atoms with Gasteiger partial charge in [0.1, 0.15) is 0 Å². The highest BCUT2D eigenvalue weighted by Gasteiger charge is 2.28. The SMILES string of the molecule is CCc1ccc(Nc2cc(C(CC)CC(=O)O)ccc2N2CCOCC2C(C)C)cc1. The molecule has 5 heteroatoms. The molecule has 2 atom stereocenters. The highest BCUT2D eigenvalue weighted by molar-refractivity contribution is 5.77. The van der Waals surface area contributed by atoms with Crippen molar-refractivity contribution >= 4 is 23.0 Å². The summed E-state index contributed by atoms with van der Waals surface area (Å²) in [6, 6.07) is 15.2. The molecule has 31 heavy (non-hydrogen) atoms. The van der Waals surface area contributed by atoms with Gasteiger partial charge in [-0.15, -0.1) is 0 Å². The summed E-state index contributed by atoms with van der Waals surface area (Å²) in [5.74, 6) is -0.291. The van der Waals surface area contributed by atoms with E-state index in [-0.39, 0.29) is 12.3 Å². The quantitative estimate of drug-likeness (QED) is 0.531. The zero-order chi connectivity index (χ0) is 22.4. The van der Waals surface area contributed by atoms with E-state index in [2.05, 4.69) is 80.4 Å². The minimum absolute atomic E-state index is 0.000141. The smallest absolute Gasteiger partial charge is 0.303 e. The molecule has 1 aliphatic rings. The molecule has 1 aliphatic heterocycles. The van der Waals surface area contributed by atoms with E-state index in [1.54, 1.807) is 0 Å². The van der Waals surface area contributed by atoms with Crippen LogP contribution in [0.25, 0.3) is 0 Å². The van der Waals surface area contributed by atoms with Gasteiger partial charge in [0.05, 0.1) is 37.1 Å². The minimum Gasteiger partial charge on any atom is -0.481 e. The molecule has 168 valence electrons. The van der Waals surface area contributed by atoms with E-state index in [0.717, 1.165) is 48.6 Å². The van der Waals surface area contributed by atoms with Crippen LogP contribution in [0.5, 0.6) is 0 Å². The molecule has 1 saturated heterocycles. The number of benzene rings is 2. The number of morpholine rings is 1. The first-order chi connectivity index (χ1) is 14.9. The standard InChI is InChI=1S/C26H36N2O3/c1-5-19-7-10-22(11-8-19)27-23-15-21(20(6-2)16-26(29)30)9-12-24(23)28-13-14-31-17-25(28)18(3)4/h7-12,15,18,20,25,27H,5-6,13-14,16-17H2,1-4H3,(H,29,30). The molecule has 0 saturated carbocycles. The number of aliphatic carboxylic acids is 1. The van der Waals surface area contributed by atoms with Gasteiger partial charge in [0, 0.05) is 12.2 Å². The summed E-state index contributed by atoms with van der Waals surface area (Å²) in [6.07, 6.45) is 1.95. The number of rotatable bonds is 9. The number of carboxylic acid groups (broad SMARTS) is 1. The molecule has 0 bridgehead atoms. The van der Waals surface area contributed by atoms with Gasteiger partial charge in [0.2, 0.25) is 0 Å². The number of nitrogens with zero attached hydrogens (tertiary/aromatic N) is 1. The van der Waals surface area contributed by atoms with E-state index in [4.69, 9.17) is 4.74 Å². The average Bonchev–Trinajstić information content (AvgIpc) is 2.78. The molecule has 0 amide bonds. The van der Waals surface area contributed by atoms with Crippen molar-refractivity contribution in [3.63, 3.8) is 0 Å². The van der Waals surface area contributed by atoms with Crippen LogP contribution in [0.1, 0.15) is 57.6 Å². The van der Waals surface area contributed by atoms with Gasteiger partial charge < -0.3 is 20.1 Å². The van der Waals surface area contributed by atoms with E-state index in [1.807, 2.05) is 0 Å². The van der Waals surface area contributed by atoms with Crippen LogP contribution in [0, 0.1) is 5.92 Å². The third kappa shape index (κ3) is 5.79. The lowest BCUT2D eigenvalue weighted by Crippen LogP contribution is -2.48. The summed E-state index contributed by atoms with van der Waals surface area (Å²) in [6.45, 7) is 11.0. The van der Waals surface area contributed by atoms with Gasteiger partial charge >= 0.3 is 5.97 Å². The van der Waals surface area contributed by atoms with Gasteiger partial charge in [-0.05, 0) is 60.1 Å². The van der Waals surface area contributed by atoms with Crippen LogP contribution in [0.4, 0.5) is 17.1 Å². The summed E-state index contributed by atoms with van der Waals surface area (Å²) in [5, 5.41) is 13.0. The van der Waals surface area contributed by atoms with Crippen LogP contribution in [-0.2, 0) is 16.0 Å². The second kappa shape index (κ2) is 10.7. The summed E-state index contributed by atoms with van der Waals surface area (Å²) in [5.41, 5.74) is 5.58. The summed E-state index contributed by atoms with van der Waals surface area (Å²) in [7, 11) is 0. The lowest BCUT2D eigenvalue weighted by atomic mass is 9.92. The van der Waals surface area contributed by atoms with Gasteiger partial charge in [0.15, 0.2) is 0 Å². The second-order valence-corrected chi connectivity index (χ2v) is 8.73. The molecule has 3 rings (SSSR count). The van der Waals surface area contributed by atoms with Crippen LogP contribution < -0.4 is 10.2 Å². The Morgan fingerprint density at radius 3 is 2.55 bits per heavy atom. The fraction of sp³-hybridized carbons (Fsp3) is 0.500. The molecule has 1 heterocycles. The van der Waals surface area contributed by atoms with Crippen molar-refractivity contribution in [1.29, 1.82) is 0 Å². The van der Waals surface area contributed by atoms with Gasteiger partial charge in [-0.3, -0.25) is 4.79 Å². The Balaban J connectivity index is 2.00. The van der Waals surface area contributed by atoms with Crippen molar-refractivity contribution in [2.75, 3.05) is 30.0 Å². The maximum absolute atomic E-state index is 11.4. The monoisotopic (exact) mass is 424 g/mol. The molecule has 0 aromatic heterocycles. The van der Waals surface area contributed by atoms with Crippen molar-refractivity contribution in [2.24, 2.45) is 5.92 Å². The molecule has 0 spiro atoms. The molecule has 2 unspecified atom stereocenters. The molecule has 5 nitrogen and oxygen atoms in total. The summed E-state index contributed by atoms with van der Waals surface area (Å²) >= 11 is 0. The number of anilines is 3. The maximum atomic E-state index is 11.4.